The van der Waals surface area contributed by atoms with Crippen LogP contribution in [0.15, 0.2) is 35.2 Å². The van der Waals surface area contributed by atoms with E-state index in [2.05, 4.69) is 15.6 Å². The Bertz CT molecular complexity index is 584. The van der Waals surface area contributed by atoms with Gasteiger partial charge in [0.1, 0.15) is 5.82 Å². The maximum atomic E-state index is 12.2. The highest BCUT2D eigenvalue weighted by atomic mass is 32.1. The summed E-state index contributed by atoms with van der Waals surface area (Å²) in [6.45, 7) is 4.14. The van der Waals surface area contributed by atoms with Gasteiger partial charge in [-0.25, -0.2) is 4.98 Å². The number of nitrogens with zero attached hydrogens (tertiary/aromatic N) is 1. The van der Waals surface area contributed by atoms with Crippen LogP contribution in [0.2, 0.25) is 0 Å². The van der Waals surface area contributed by atoms with E-state index in [1.165, 1.54) is 11.3 Å². The molecule has 112 valence electrons. The molecule has 0 aliphatic rings. The molecule has 0 bridgehead atoms. The lowest BCUT2D eigenvalue weighted by Crippen LogP contribution is -2.29. The largest absolute Gasteiger partial charge is 0.387 e. The number of nitrogens with one attached hydrogen (secondary N) is 2. The summed E-state index contributed by atoms with van der Waals surface area (Å²) >= 11 is 1.52. The van der Waals surface area contributed by atoms with Crippen molar-refractivity contribution >= 4 is 23.1 Å². The number of carbonyl (C=O) groups excluding carboxylic acids is 1. The molecule has 1 unspecified atom stereocenters. The van der Waals surface area contributed by atoms with Crippen LogP contribution in [0.25, 0.3) is 0 Å². The summed E-state index contributed by atoms with van der Waals surface area (Å²) in [5, 5.41) is 19.6. The standard InChI is InChI=1S/C15H19N3O2S/c1-10(2)18-14-12(4-3-6-16-14)15(20)17-8-13(19)11-5-7-21-9-11/h3-7,9-10,13,19H,8H2,1-2H3,(H,16,18)(H,17,20). The van der Waals surface area contributed by atoms with Gasteiger partial charge in [0.25, 0.3) is 5.91 Å². The molecule has 2 aromatic rings. The van der Waals surface area contributed by atoms with Gasteiger partial charge >= 0.3 is 0 Å². The first-order valence-corrected chi connectivity index (χ1v) is 7.72. The smallest absolute Gasteiger partial charge is 0.255 e. The Morgan fingerprint density at radius 2 is 2.24 bits per heavy atom. The van der Waals surface area contributed by atoms with Crippen LogP contribution in [0.1, 0.15) is 35.9 Å². The van der Waals surface area contributed by atoms with Crippen molar-refractivity contribution in [1.29, 1.82) is 0 Å². The number of anilines is 1. The van der Waals surface area contributed by atoms with Crippen LogP contribution >= 0.6 is 11.3 Å². The summed E-state index contributed by atoms with van der Waals surface area (Å²) in [5.41, 5.74) is 1.29. The molecular formula is C15H19N3O2S. The zero-order valence-electron chi connectivity index (χ0n) is 12.0. The zero-order chi connectivity index (χ0) is 15.2. The van der Waals surface area contributed by atoms with E-state index >= 15 is 0 Å². The molecule has 0 saturated carbocycles. The SMILES string of the molecule is CC(C)Nc1ncccc1C(=O)NCC(O)c1ccsc1. The molecule has 2 aromatic heterocycles. The summed E-state index contributed by atoms with van der Waals surface area (Å²) in [6, 6.07) is 5.46. The van der Waals surface area contributed by atoms with Crippen LogP contribution in [0.5, 0.6) is 0 Å². The van der Waals surface area contributed by atoms with Crippen molar-refractivity contribution in [2.75, 3.05) is 11.9 Å². The van der Waals surface area contributed by atoms with Gasteiger partial charge in [0.15, 0.2) is 0 Å². The molecule has 0 aliphatic heterocycles. The monoisotopic (exact) mass is 305 g/mol. The van der Waals surface area contributed by atoms with E-state index in [4.69, 9.17) is 0 Å². The predicted octanol–water partition coefficient (Wildman–Crippen LogP) is 2.43. The van der Waals surface area contributed by atoms with Gasteiger partial charge < -0.3 is 15.7 Å². The summed E-state index contributed by atoms with van der Waals surface area (Å²) in [5.74, 6) is 0.301. The molecule has 2 rings (SSSR count). The number of hydrogen-bond acceptors (Lipinski definition) is 5. The number of aliphatic hydroxyl groups is 1. The number of amides is 1. The molecule has 6 heteroatoms. The highest BCUT2D eigenvalue weighted by molar-refractivity contribution is 7.07. The number of aromatic nitrogens is 1. The number of carbonyl (C=O) groups is 1. The first-order valence-electron chi connectivity index (χ1n) is 6.78. The Kier molecular flexibility index (Phi) is 5.30. The van der Waals surface area contributed by atoms with E-state index in [-0.39, 0.29) is 18.5 Å². The first-order chi connectivity index (χ1) is 10.1. The fourth-order valence-corrected chi connectivity index (χ4v) is 2.55. The predicted molar refractivity (Wildman–Crippen MR) is 84.6 cm³/mol. The fourth-order valence-electron chi connectivity index (χ4n) is 1.84. The summed E-state index contributed by atoms with van der Waals surface area (Å²) in [6.07, 6.45) is 0.945. The van der Waals surface area contributed by atoms with Crippen molar-refractivity contribution in [1.82, 2.24) is 10.3 Å². The Hall–Kier alpha value is -1.92. The van der Waals surface area contributed by atoms with Crippen molar-refractivity contribution < 1.29 is 9.90 Å². The lowest BCUT2D eigenvalue weighted by molar-refractivity contribution is 0.0917. The van der Waals surface area contributed by atoms with Gasteiger partial charge in [0, 0.05) is 18.8 Å². The number of hydrogen-bond donors (Lipinski definition) is 3. The minimum atomic E-state index is -0.696. The molecule has 3 N–H and O–H groups in total. The minimum Gasteiger partial charge on any atom is -0.387 e. The second kappa shape index (κ2) is 7.19. The second-order valence-corrected chi connectivity index (χ2v) is 5.76. The van der Waals surface area contributed by atoms with Crippen molar-refractivity contribution in [3.8, 4) is 0 Å². The van der Waals surface area contributed by atoms with Crippen LogP contribution < -0.4 is 10.6 Å². The van der Waals surface area contributed by atoms with Gasteiger partial charge in [0.2, 0.25) is 0 Å². The molecule has 0 saturated heterocycles. The molecule has 1 atom stereocenters. The minimum absolute atomic E-state index is 0.172. The van der Waals surface area contributed by atoms with Crippen molar-refractivity contribution in [2.24, 2.45) is 0 Å². The van der Waals surface area contributed by atoms with Crippen molar-refractivity contribution in [3.63, 3.8) is 0 Å². The maximum Gasteiger partial charge on any atom is 0.255 e. The Balaban J connectivity index is 2.00. The first kappa shape index (κ1) is 15.5. The van der Waals surface area contributed by atoms with Crippen LogP contribution in [0.3, 0.4) is 0 Å². The molecule has 2 heterocycles. The fraction of sp³-hybridized carbons (Fsp3) is 0.333. The Labute approximate surface area is 128 Å². The van der Waals surface area contributed by atoms with Gasteiger partial charge in [0.05, 0.1) is 11.7 Å². The maximum absolute atomic E-state index is 12.2. The molecule has 5 nitrogen and oxygen atoms in total. The van der Waals surface area contributed by atoms with Crippen molar-refractivity contribution in [2.45, 2.75) is 26.0 Å². The summed E-state index contributed by atoms with van der Waals surface area (Å²) in [7, 11) is 0. The average molecular weight is 305 g/mol. The van der Waals surface area contributed by atoms with Crippen molar-refractivity contribution in [3.05, 3.63) is 46.3 Å². The molecular weight excluding hydrogens is 286 g/mol. The van der Waals surface area contributed by atoms with E-state index in [0.29, 0.717) is 11.4 Å². The van der Waals surface area contributed by atoms with Crippen LogP contribution in [0.4, 0.5) is 5.82 Å². The number of thiophene rings is 1. The van der Waals surface area contributed by atoms with E-state index in [9.17, 15) is 9.90 Å². The van der Waals surface area contributed by atoms with E-state index < -0.39 is 6.10 Å². The highest BCUT2D eigenvalue weighted by Crippen LogP contribution is 2.16. The Morgan fingerprint density at radius 1 is 1.43 bits per heavy atom. The highest BCUT2D eigenvalue weighted by Gasteiger charge is 2.15. The molecule has 0 radical (unpaired) electrons. The third-order valence-corrected chi connectivity index (χ3v) is 3.56. The lowest BCUT2D eigenvalue weighted by Gasteiger charge is -2.14. The quantitative estimate of drug-likeness (QED) is 0.766. The molecule has 0 aliphatic carbocycles. The molecule has 21 heavy (non-hydrogen) atoms. The van der Waals surface area contributed by atoms with Crippen LogP contribution in [-0.2, 0) is 0 Å². The lowest BCUT2D eigenvalue weighted by atomic mass is 10.2. The second-order valence-electron chi connectivity index (χ2n) is 4.98. The topological polar surface area (TPSA) is 74.2 Å². The van der Waals surface area contributed by atoms with E-state index in [1.54, 1.807) is 18.3 Å². The average Bonchev–Trinajstić information content (AvgIpc) is 2.98. The molecule has 1 amide bonds. The van der Waals surface area contributed by atoms with E-state index in [1.807, 2.05) is 30.7 Å². The van der Waals surface area contributed by atoms with Crippen LogP contribution in [-0.4, -0.2) is 28.6 Å². The third-order valence-electron chi connectivity index (χ3n) is 2.86. The zero-order valence-corrected chi connectivity index (χ0v) is 12.9. The molecule has 0 spiro atoms. The normalized spacial score (nSPS) is 12.2. The Morgan fingerprint density at radius 3 is 2.90 bits per heavy atom. The van der Waals surface area contributed by atoms with Gasteiger partial charge in [-0.05, 0) is 48.4 Å². The van der Waals surface area contributed by atoms with Gasteiger partial charge in [-0.15, -0.1) is 0 Å². The summed E-state index contributed by atoms with van der Waals surface area (Å²) in [4.78, 5) is 16.4. The van der Waals surface area contributed by atoms with Gasteiger partial charge in [-0.1, -0.05) is 0 Å². The van der Waals surface area contributed by atoms with E-state index in [0.717, 1.165) is 5.56 Å². The van der Waals surface area contributed by atoms with Crippen LogP contribution in [0, 0.1) is 0 Å². The molecule has 0 aromatic carbocycles. The third kappa shape index (κ3) is 4.27. The number of aliphatic hydroxyl groups excluding tert-OH is 1. The van der Waals surface area contributed by atoms with Gasteiger partial charge in [-0.2, -0.15) is 11.3 Å². The summed E-state index contributed by atoms with van der Waals surface area (Å²) < 4.78 is 0. The number of pyridine rings is 1. The molecule has 0 fully saturated rings. The number of rotatable bonds is 6. The van der Waals surface area contributed by atoms with Gasteiger partial charge in [-0.3, -0.25) is 4.79 Å².